The van der Waals surface area contributed by atoms with Crippen LogP contribution in [0.5, 0.6) is 0 Å². The molecule has 1 rings (SSSR count). The molecule has 62 valence electrons. The van der Waals surface area contributed by atoms with E-state index in [9.17, 15) is 0 Å². The van der Waals surface area contributed by atoms with Crippen LogP contribution in [-0.2, 0) is 0 Å². The molecule has 0 amide bonds. The minimum Gasteiger partial charge on any atom is -0.388 e. The second-order valence-corrected chi connectivity index (χ2v) is 3.11. The Kier molecular flexibility index (Phi) is 3.21. The topological polar surface area (TPSA) is 12.0 Å². The van der Waals surface area contributed by atoms with E-state index in [4.69, 9.17) is 0 Å². The van der Waals surface area contributed by atoms with Gasteiger partial charge in [0.25, 0.3) is 0 Å². The number of allylic oxidation sites excluding steroid dienone is 2. The third-order valence-electron chi connectivity index (χ3n) is 2.19. The minimum absolute atomic E-state index is 0.712. The summed E-state index contributed by atoms with van der Waals surface area (Å²) in [6, 6.07) is 0.712. The summed E-state index contributed by atoms with van der Waals surface area (Å²) in [6.45, 7) is 5.98. The number of hydrogen-bond donors (Lipinski definition) is 1. The van der Waals surface area contributed by atoms with Crippen molar-refractivity contribution in [3.05, 3.63) is 24.4 Å². The first kappa shape index (κ1) is 8.38. The third kappa shape index (κ3) is 2.41. The van der Waals surface area contributed by atoms with Gasteiger partial charge in [0.2, 0.25) is 0 Å². The SMILES string of the molecule is C=CC1=CN[C@@H](CCC)CC1. The van der Waals surface area contributed by atoms with Gasteiger partial charge in [-0.25, -0.2) is 0 Å². The van der Waals surface area contributed by atoms with Crippen LogP contribution >= 0.6 is 0 Å². The average Bonchev–Trinajstić information content (AvgIpc) is 2.07. The first-order valence-corrected chi connectivity index (χ1v) is 4.44. The molecule has 1 heterocycles. The molecule has 1 aliphatic heterocycles. The maximum absolute atomic E-state index is 3.75. The van der Waals surface area contributed by atoms with Crippen LogP contribution in [0, 0.1) is 0 Å². The standard InChI is InChI=1S/C10H17N/c1-3-5-10-7-6-9(4-2)8-11-10/h4,8,10-11H,2-3,5-7H2,1H3/t10-/m0/s1. The number of nitrogens with one attached hydrogen (secondary N) is 1. The highest BCUT2D eigenvalue weighted by Crippen LogP contribution is 2.15. The first-order valence-electron chi connectivity index (χ1n) is 4.44. The van der Waals surface area contributed by atoms with E-state index in [0.717, 1.165) is 0 Å². The highest BCUT2D eigenvalue weighted by molar-refractivity contribution is 5.17. The van der Waals surface area contributed by atoms with E-state index in [1.807, 2.05) is 6.08 Å². The molecule has 0 aliphatic carbocycles. The highest BCUT2D eigenvalue weighted by Gasteiger charge is 2.09. The summed E-state index contributed by atoms with van der Waals surface area (Å²) in [5.74, 6) is 0. The van der Waals surface area contributed by atoms with Gasteiger partial charge in [-0.05, 0) is 31.0 Å². The Morgan fingerprint density at radius 1 is 1.82 bits per heavy atom. The fraction of sp³-hybridized carbons (Fsp3) is 0.600. The molecular formula is C10H17N. The maximum atomic E-state index is 3.75. The lowest BCUT2D eigenvalue weighted by atomic mass is 9.99. The summed E-state index contributed by atoms with van der Waals surface area (Å²) in [4.78, 5) is 0. The Morgan fingerprint density at radius 3 is 3.09 bits per heavy atom. The molecule has 0 unspecified atom stereocenters. The predicted octanol–water partition coefficient (Wildman–Crippen LogP) is 2.61. The van der Waals surface area contributed by atoms with Crippen molar-refractivity contribution in [1.29, 1.82) is 0 Å². The monoisotopic (exact) mass is 151 g/mol. The van der Waals surface area contributed by atoms with Gasteiger partial charge in [-0.15, -0.1) is 0 Å². The first-order chi connectivity index (χ1) is 5.36. The minimum atomic E-state index is 0.712. The summed E-state index contributed by atoms with van der Waals surface area (Å²) < 4.78 is 0. The van der Waals surface area contributed by atoms with Gasteiger partial charge in [-0.3, -0.25) is 0 Å². The summed E-state index contributed by atoms with van der Waals surface area (Å²) in [6.07, 6.45) is 9.08. The van der Waals surface area contributed by atoms with Crippen LogP contribution in [0.15, 0.2) is 24.4 Å². The zero-order valence-corrected chi connectivity index (χ0v) is 7.27. The molecule has 1 N–H and O–H groups in total. The van der Waals surface area contributed by atoms with Gasteiger partial charge < -0.3 is 5.32 Å². The van der Waals surface area contributed by atoms with E-state index in [-0.39, 0.29) is 0 Å². The summed E-state index contributed by atoms with van der Waals surface area (Å²) >= 11 is 0. The van der Waals surface area contributed by atoms with E-state index in [1.54, 1.807) is 0 Å². The van der Waals surface area contributed by atoms with Crippen molar-refractivity contribution in [1.82, 2.24) is 5.32 Å². The molecule has 1 aliphatic rings. The van der Waals surface area contributed by atoms with Gasteiger partial charge in [0.15, 0.2) is 0 Å². The van der Waals surface area contributed by atoms with Crippen LogP contribution in [0.4, 0.5) is 0 Å². The molecular weight excluding hydrogens is 134 g/mol. The fourth-order valence-corrected chi connectivity index (χ4v) is 1.46. The Labute approximate surface area is 69.2 Å². The van der Waals surface area contributed by atoms with Crippen LogP contribution in [0.25, 0.3) is 0 Å². The second-order valence-electron chi connectivity index (χ2n) is 3.11. The molecule has 1 nitrogen and oxygen atoms in total. The molecule has 0 aromatic rings. The molecule has 0 radical (unpaired) electrons. The van der Waals surface area contributed by atoms with Gasteiger partial charge in [0.1, 0.15) is 0 Å². The molecule has 0 bridgehead atoms. The van der Waals surface area contributed by atoms with E-state index in [0.29, 0.717) is 6.04 Å². The van der Waals surface area contributed by atoms with Crippen LogP contribution in [-0.4, -0.2) is 6.04 Å². The lowest BCUT2D eigenvalue weighted by Gasteiger charge is -2.22. The largest absolute Gasteiger partial charge is 0.388 e. The molecule has 0 saturated heterocycles. The van der Waals surface area contributed by atoms with Crippen molar-refractivity contribution in [3.63, 3.8) is 0 Å². The Bertz CT molecular complexity index is 158. The van der Waals surface area contributed by atoms with Crippen molar-refractivity contribution < 1.29 is 0 Å². The smallest absolute Gasteiger partial charge is 0.0258 e. The Hall–Kier alpha value is -0.720. The lowest BCUT2D eigenvalue weighted by molar-refractivity contribution is 0.481. The van der Waals surface area contributed by atoms with Crippen LogP contribution in [0.3, 0.4) is 0 Å². The molecule has 1 atom stereocenters. The Balaban J connectivity index is 2.35. The Morgan fingerprint density at radius 2 is 2.64 bits per heavy atom. The van der Waals surface area contributed by atoms with Crippen molar-refractivity contribution in [2.45, 2.75) is 38.6 Å². The lowest BCUT2D eigenvalue weighted by Crippen LogP contribution is -2.27. The van der Waals surface area contributed by atoms with E-state index < -0.39 is 0 Å². The van der Waals surface area contributed by atoms with Crippen molar-refractivity contribution in [2.24, 2.45) is 0 Å². The zero-order valence-electron chi connectivity index (χ0n) is 7.27. The summed E-state index contributed by atoms with van der Waals surface area (Å²) in [7, 11) is 0. The average molecular weight is 151 g/mol. The van der Waals surface area contributed by atoms with Crippen molar-refractivity contribution >= 4 is 0 Å². The zero-order chi connectivity index (χ0) is 8.10. The normalized spacial score (nSPS) is 23.7. The molecule has 11 heavy (non-hydrogen) atoms. The molecule has 0 saturated carbocycles. The summed E-state index contributed by atoms with van der Waals surface area (Å²) in [5.41, 5.74) is 1.34. The third-order valence-corrected chi connectivity index (χ3v) is 2.19. The van der Waals surface area contributed by atoms with Crippen LogP contribution < -0.4 is 5.32 Å². The van der Waals surface area contributed by atoms with E-state index >= 15 is 0 Å². The fourth-order valence-electron chi connectivity index (χ4n) is 1.46. The van der Waals surface area contributed by atoms with Crippen LogP contribution in [0.2, 0.25) is 0 Å². The quantitative estimate of drug-likeness (QED) is 0.653. The van der Waals surface area contributed by atoms with Gasteiger partial charge in [-0.1, -0.05) is 26.0 Å². The number of rotatable bonds is 3. The van der Waals surface area contributed by atoms with Crippen molar-refractivity contribution in [3.8, 4) is 0 Å². The van der Waals surface area contributed by atoms with Gasteiger partial charge in [0, 0.05) is 6.04 Å². The van der Waals surface area contributed by atoms with Gasteiger partial charge >= 0.3 is 0 Å². The molecule has 0 spiro atoms. The van der Waals surface area contributed by atoms with Crippen LogP contribution in [0.1, 0.15) is 32.6 Å². The highest BCUT2D eigenvalue weighted by atomic mass is 14.9. The molecule has 0 aromatic heterocycles. The maximum Gasteiger partial charge on any atom is 0.0258 e. The van der Waals surface area contributed by atoms with E-state index in [2.05, 4.69) is 25.0 Å². The molecule has 0 aromatic carbocycles. The molecule has 1 heteroatoms. The second kappa shape index (κ2) is 4.22. The predicted molar refractivity (Wildman–Crippen MR) is 49.3 cm³/mol. The van der Waals surface area contributed by atoms with Gasteiger partial charge in [-0.2, -0.15) is 0 Å². The van der Waals surface area contributed by atoms with E-state index in [1.165, 1.54) is 31.3 Å². The number of hydrogen-bond acceptors (Lipinski definition) is 1. The summed E-state index contributed by atoms with van der Waals surface area (Å²) in [5, 5.41) is 3.39. The van der Waals surface area contributed by atoms with Crippen molar-refractivity contribution in [2.75, 3.05) is 0 Å². The van der Waals surface area contributed by atoms with Gasteiger partial charge in [0.05, 0.1) is 0 Å². The molecule has 0 fully saturated rings.